The van der Waals surface area contributed by atoms with Crippen molar-refractivity contribution < 1.29 is 14.0 Å². The fourth-order valence-corrected chi connectivity index (χ4v) is 2.39. The van der Waals surface area contributed by atoms with Crippen molar-refractivity contribution in [3.63, 3.8) is 0 Å². The largest absolute Gasteiger partial charge is 0.353 e. The SMILES string of the molecule is CCC1C(=O)NCCN1C(=O)c1ccc(F)c(S)c1. The fraction of sp³-hybridized carbons (Fsp3) is 0.385. The molecule has 1 aromatic rings. The molecule has 2 rings (SSSR count). The Bertz CT molecular complexity index is 521. The highest BCUT2D eigenvalue weighted by Gasteiger charge is 2.32. The summed E-state index contributed by atoms with van der Waals surface area (Å²) in [6.07, 6.45) is 0.548. The lowest BCUT2D eigenvalue weighted by Crippen LogP contribution is -2.56. The second kappa shape index (κ2) is 5.61. The number of carbonyl (C=O) groups excluding carboxylic acids is 2. The predicted octanol–water partition coefficient (Wildman–Crippen LogP) is 1.46. The van der Waals surface area contributed by atoms with E-state index < -0.39 is 11.9 Å². The van der Waals surface area contributed by atoms with Gasteiger partial charge in [0.05, 0.1) is 0 Å². The van der Waals surface area contributed by atoms with Gasteiger partial charge in [0.25, 0.3) is 5.91 Å². The Morgan fingerprint density at radius 2 is 2.32 bits per heavy atom. The maximum atomic E-state index is 13.1. The summed E-state index contributed by atoms with van der Waals surface area (Å²) in [5, 5.41) is 2.73. The molecule has 0 spiro atoms. The molecule has 1 heterocycles. The van der Waals surface area contributed by atoms with Gasteiger partial charge in [-0.25, -0.2) is 4.39 Å². The van der Waals surface area contributed by atoms with Gasteiger partial charge in [0, 0.05) is 23.5 Å². The molecule has 1 saturated heterocycles. The van der Waals surface area contributed by atoms with Gasteiger partial charge in [-0.15, -0.1) is 12.6 Å². The molecule has 1 aliphatic rings. The van der Waals surface area contributed by atoms with E-state index in [9.17, 15) is 14.0 Å². The highest BCUT2D eigenvalue weighted by Crippen LogP contribution is 2.18. The lowest BCUT2D eigenvalue weighted by molar-refractivity contribution is -0.127. The van der Waals surface area contributed by atoms with Gasteiger partial charge in [0.1, 0.15) is 11.9 Å². The summed E-state index contributed by atoms with van der Waals surface area (Å²) in [4.78, 5) is 25.7. The smallest absolute Gasteiger partial charge is 0.254 e. The second-order valence-electron chi connectivity index (χ2n) is 4.38. The molecule has 1 unspecified atom stereocenters. The van der Waals surface area contributed by atoms with Gasteiger partial charge in [-0.1, -0.05) is 6.92 Å². The maximum Gasteiger partial charge on any atom is 0.254 e. The number of thiol groups is 1. The number of carbonyl (C=O) groups is 2. The number of piperazine rings is 1. The Morgan fingerprint density at radius 1 is 1.58 bits per heavy atom. The quantitative estimate of drug-likeness (QED) is 0.807. The maximum absolute atomic E-state index is 13.1. The number of nitrogens with one attached hydrogen (secondary N) is 1. The molecule has 1 aromatic carbocycles. The van der Waals surface area contributed by atoms with E-state index in [1.165, 1.54) is 23.1 Å². The summed E-state index contributed by atoms with van der Waals surface area (Å²) >= 11 is 3.96. The summed E-state index contributed by atoms with van der Waals surface area (Å²) in [5.41, 5.74) is 0.347. The van der Waals surface area contributed by atoms with Crippen molar-refractivity contribution in [3.05, 3.63) is 29.6 Å². The van der Waals surface area contributed by atoms with Crippen molar-refractivity contribution in [2.45, 2.75) is 24.3 Å². The fourth-order valence-electron chi connectivity index (χ4n) is 2.18. The molecule has 1 aliphatic heterocycles. The van der Waals surface area contributed by atoms with Crippen LogP contribution in [0.1, 0.15) is 23.7 Å². The van der Waals surface area contributed by atoms with E-state index in [0.29, 0.717) is 25.1 Å². The van der Waals surface area contributed by atoms with Crippen molar-refractivity contribution in [3.8, 4) is 0 Å². The third-order valence-electron chi connectivity index (χ3n) is 3.17. The first kappa shape index (κ1) is 13.9. The van der Waals surface area contributed by atoms with Gasteiger partial charge in [-0.05, 0) is 24.6 Å². The van der Waals surface area contributed by atoms with Crippen molar-refractivity contribution in [2.24, 2.45) is 0 Å². The van der Waals surface area contributed by atoms with Crippen molar-refractivity contribution in [1.82, 2.24) is 10.2 Å². The minimum atomic E-state index is -0.469. The first-order valence-electron chi connectivity index (χ1n) is 6.11. The Morgan fingerprint density at radius 3 is 2.95 bits per heavy atom. The first-order chi connectivity index (χ1) is 9.04. The zero-order valence-corrected chi connectivity index (χ0v) is 11.4. The van der Waals surface area contributed by atoms with Crippen LogP contribution in [0.15, 0.2) is 23.1 Å². The van der Waals surface area contributed by atoms with Crippen LogP contribution in [0.5, 0.6) is 0 Å². The average molecular weight is 282 g/mol. The second-order valence-corrected chi connectivity index (χ2v) is 4.86. The van der Waals surface area contributed by atoms with Crippen LogP contribution >= 0.6 is 12.6 Å². The average Bonchev–Trinajstić information content (AvgIpc) is 2.40. The van der Waals surface area contributed by atoms with Crippen LogP contribution in [-0.2, 0) is 4.79 Å². The van der Waals surface area contributed by atoms with Crippen molar-refractivity contribution >= 4 is 24.4 Å². The molecule has 0 radical (unpaired) electrons. The summed E-state index contributed by atoms with van der Waals surface area (Å²) in [7, 11) is 0. The Labute approximate surface area is 116 Å². The Hall–Kier alpha value is -1.56. The monoisotopic (exact) mass is 282 g/mol. The minimum Gasteiger partial charge on any atom is -0.353 e. The molecule has 2 amide bonds. The van der Waals surface area contributed by atoms with Gasteiger partial charge in [0.2, 0.25) is 5.91 Å². The number of halogens is 1. The molecule has 0 bridgehead atoms. The molecule has 1 N–H and O–H groups in total. The number of benzene rings is 1. The van der Waals surface area contributed by atoms with Crippen molar-refractivity contribution in [1.29, 1.82) is 0 Å². The van der Waals surface area contributed by atoms with E-state index in [0.717, 1.165) is 0 Å². The van der Waals surface area contributed by atoms with Gasteiger partial charge < -0.3 is 10.2 Å². The van der Waals surface area contributed by atoms with E-state index >= 15 is 0 Å². The van der Waals surface area contributed by atoms with Crippen LogP contribution < -0.4 is 5.32 Å². The lowest BCUT2D eigenvalue weighted by Gasteiger charge is -2.34. The zero-order valence-electron chi connectivity index (χ0n) is 10.5. The molecule has 1 fully saturated rings. The third-order valence-corrected chi connectivity index (χ3v) is 3.51. The molecule has 102 valence electrons. The molecule has 0 aromatic heterocycles. The summed E-state index contributed by atoms with van der Waals surface area (Å²) < 4.78 is 13.1. The normalized spacial score (nSPS) is 19.2. The van der Waals surface area contributed by atoms with Gasteiger partial charge in [-0.3, -0.25) is 9.59 Å². The van der Waals surface area contributed by atoms with Gasteiger partial charge in [-0.2, -0.15) is 0 Å². The highest BCUT2D eigenvalue weighted by atomic mass is 32.1. The lowest BCUT2D eigenvalue weighted by atomic mass is 10.1. The number of rotatable bonds is 2. The van der Waals surface area contributed by atoms with Crippen LogP contribution in [0.3, 0.4) is 0 Å². The predicted molar refractivity (Wildman–Crippen MR) is 71.8 cm³/mol. The van der Waals surface area contributed by atoms with E-state index in [4.69, 9.17) is 0 Å². The van der Waals surface area contributed by atoms with Crippen LogP contribution in [0, 0.1) is 5.82 Å². The number of hydrogen-bond acceptors (Lipinski definition) is 3. The Balaban J connectivity index is 2.26. The van der Waals surface area contributed by atoms with E-state index in [1.54, 1.807) is 0 Å². The Kier molecular flexibility index (Phi) is 4.09. The van der Waals surface area contributed by atoms with Crippen LogP contribution in [-0.4, -0.2) is 35.8 Å². The van der Waals surface area contributed by atoms with Crippen LogP contribution in [0.25, 0.3) is 0 Å². The van der Waals surface area contributed by atoms with E-state index in [1.807, 2.05) is 6.92 Å². The van der Waals surface area contributed by atoms with Crippen LogP contribution in [0.2, 0.25) is 0 Å². The van der Waals surface area contributed by atoms with E-state index in [2.05, 4.69) is 17.9 Å². The van der Waals surface area contributed by atoms with E-state index in [-0.39, 0.29) is 16.7 Å². The third kappa shape index (κ3) is 2.73. The summed E-state index contributed by atoms with van der Waals surface area (Å²) in [6, 6.07) is 3.55. The highest BCUT2D eigenvalue weighted by molar-refractivity contribution is 7.80. The summed E-state index contributed by atoms with van der Waals surface area (Å²) in [6.45, 7) is 2.75. The number of nitrogens with zero attached hydrogens (tertiary/aromatic N) is 1. The summed E-state index contributed by atoms with van der Waals surface area (Å²) in [5.74, 6) is -0.879. The van der Waals surface area contributed by atoms with Crippen LogP contribution in [0.4, 0.5) is 4.39 Å². The molecular weight excluding hydrogens is 267 g/mol. The molecule has 6 heteroatoms. The molecule has 4 nitrogen and oxygen atoms in total. The van der Waals surface area contributed by atoms with Gasteiger partial charge in [0.15, 0.2) is 0 Å². The zero-order chi connectivity index (χ0) is 14.0. The van der Waals surface area contributed by atoms with Gasteiger partial charge >= 0.3 is 0 Å². The number of hydrogen-bond donors (Lipinski definition) is 2. The van der Waals surface area contributed by atoms with Crippen molar-refractivity contribution in [2.75, 3.05) is 13.1 Å². The molecule has 19 heavy (non-hydrogen) atoms. The molecule has 0 aliphatic carbocycles. The topological polar surface area (TPSA) is 49.4 Å². The number of amides is 2. The minimum absolute atomic E-state index is 0.125. The molecular formula is C13H15FN2O2S. The molecule has 1 atom stereocenters. The molecule has 0 saturated carbocycles. The first-order valence-corrected chi connectivity index (χ1v) is 6.56. The standard InChI is InChI=1S/C13H15FN2O2S/c1-2-10-12(17)15-5-6-16(10)13(18)8-3-4-9(14)11(19)7-8/h3-4,7,10,19H,2,5-6H2,1H3,(H,15,17).